The summed E-state index contributed by atoms with van der Waals surface area (Å²) in [5.74, 6) is 0.539. The zero-order valence-corrected chi connectivity index (χ0v) is 26.3. The minimum atomic E-state index is -1.03. The van der Waals surface area contributed by atoms with E-state index < -0.39 is 17.6 Å². The van der Waals surface area contributed by atoms with Gasteiger partial charge in [-0.05, 0) is 26.2 Å². The van der Waals surface area contributed by atoms with Crippen molar-refractivity contribution in [3.63, 3.8) is 0 Å². The molecule has 0 radical (unpaired) electrons. The van der Waals surface area contributed by atoms with E-state index in [1.165, 1.54) is 97.0 Å². The van der Waals surface area contributed by atoms with Crippen LogP contribution in [0.5, 0.6) is 0 Å². The van der Waals surface area contributed by atoms with Crippen LogP contribution in [0, 0.1) is 17.0 Å². The number of aryl methyl sites for hydroxylation is 1. The molecule has 9 heteroatoms. The summed E-state index contributed by atoms with van der Waals surface area (Å²) in [6.45, 7) is 4.79. The number of carbonyl (C=O) groups is 1. The predicted molar refractivity (Wildman–Crippen MR) is 160 cm³/mol. The van der Waals surface area contributed by atoms with Gasteiger partial charge in [-0.1, -0.05) is 96.8 Å². The van der Waals surface area contributed by atoms with E-state index >= 15 is 0 Å². The van der Waals surface area contributed by atoms with Gasteiger partial charge in [-0.2, -0.15) is 4.74 Å². The smallest absolute Gasteiger partial charge is 0.376 e. The quantitative estimate of drug-likeness (QED) is 0.0500. The highest BCUT2D eigenvalue weighted by Crippen LogP contribution is 2.55. The first-order valence-corrected chi connectivity index (χ1v) is 16.5. The third kappa shape index (κ3) is 8.09. The van der Waals surface area contributed by atoms with Crippen LogP contribution in [0.25, 0.3) is 0 Å². The van der Waals surface area contributed by atoms with Gasteiger partial charge in [0.2, 0.25) is 11.6 Å². The van der Waals surface area contributed by atoms with Gasteiger partial charge < -0.3 is 9.26 Å². The molecular weight excluding hydrogens is 522 g/mol. The molecule has 1 aliphatic heterocycles. The van der Waals surface area contributed by atoms with Crippen molar-refractivity contribution in [2.45, 2.75) is 160 Å². The lowest BCUT2D eigenvalue weighted by molar-refractivity contribution is -0.780. The first-order chi connectivity index (χ1) is 19.7. The van der Waals surface area contributed by atoms with Gasteiger partial charge >= 0.3 is 5.91 Å². The Morgan fingerprint density at radius 1 is 0.951 bits per heavy atom. The Morgan fingerprint density at radius 2 is 1.46 bits per heavy atom. The van der Waals surface area contributed by atoms with Crippen LogP contribution < -0.4 is 5.56 Å². The number of carbonyl (C=O) groups excluding carboxylic acids is 1. The standard InChI is InChI=1S/C32H56N3O6/c1-5-6-7-8-9-10-11-12-13-14-15-16-17-18-19-20-23-35(3)31(37)32(35)22-21-28(29(24-32)34(38)39)33-30(36)27(25-40-4)26(2)41-33/h28-29H,5-25H2,1-4H3/q+1. The molecule has 1 saturated carbocycles. The Bertz CT molecular complexity index is 1040. The van der Waals surface area contributed by atoms with E-state index in [1.807, 2.05) is 7.05 Å². The zero-order chi connectivity index (χ0) is 29.9. The Hall–Kier alpha value is -2.00. The number of hydrogen-bond acceptors (Lipinski definition) is 6. The summed E-state index contributed by atoms with van der Waals surface area (Å²) < 4.78 is 12.2. The van der Waals surface area contributed by atoms with Crippen LogP contribution in [0.2, 0.25) is 0 Å². The van der Waals surface area contributed by atoms with E-state index in [1.54, 1.807) is 6.92 Å². The summed E-state index contributed by atoms with van der Waals surface area (Å²) in [5.41, 5.74) is -0.671. The van der Waals surface area contributed by atoms with E-state index in [-0.39, 0.29) is 29.4 Å². The number of rotatable bonds is 21. The summed E-state index contributed by atoms with van der Waals surface area (Å²) in [4.78, 5) is 37.9. The van der Waals surface area contributed by atoms with Crippen molar-refractivity contribution in [3.8, 4) is 0 Å². The second kappa shape index (κ2) is 16.0. The van der Waals surface area contributed by atoms with Crippen LogP contribution in [0.3, 0.4) is 0 Å². The number of nitro groups is 1. The molecule has 4 atom stereocenters. The topological polar surface area (TPSA) is 105 Å². The molecule has 1 spiro atoms. The first kappa shape index (κ1) is 33.5. The molecule has 2 fully saturated rings. The van der Waals surface area contributed by atoms with Gasteiger partial charge in [0.05, 0.1) is 32.2 Å². The van der Waals surface area contributed by atoms with Crippen LogP contribution in [-0.4, -0.2) is 52.3 Å². The number of nitrogens with zero attached hydrogens (tertiary/aromatic N) is 3. The molecule has 0 bridgehead atoms. The molecule has 1 saturated heterocycles. The van der Waals surface area contributed by atoms with E-state index in [9.17, 15) is 19.7 Å². The fourth-order valence-electron chi connectivity index (χ4n) is 7.24. The highest BCUT2D eigenvalue weighted by atomic mass is 16.6. The average Bonchev–Trinajstić information content (AvgIpc) is 3.22. The predicted octanol–water partition coefficient (Wildman–Crippen LogP) is 7.25. The van der Waals surface area contributed by atoms with Gasteiger partial charge in [0.1, 0.15) is 11.8 Å². The lowest BCUT2D eigenvalue weighted by Crippen LogP contribution is -2.47. The molecular formula is C32H56N3O6+. The van der Waals surface area contributed by atoms with E-state index in [4.69, 9.17) is 9.26 Å². The summed E-state index contributed by atoms with van der Waals surface area (Å²) >= 11 is 0. The molecule has 2 heterocycles. The normalized spacial score (nSPS) is 25.7. The van der Waals surface area contributed by atoms with Crippen molar-refractivity contribution in [2.75, 3.05) is 20.7 Å². The second-order valence-corrected chi connectivity index (χ2v) is 12.9. The molecule has 9 nitrogen and oxygen atoms in total. The Kier molecular flexibility index (Phi) is 13.1. The lowest BCUT2D eigenvalue weighted by Gasteiger charge is -2.29. The van der Waals surface area contributed by atoms with Crippen molar-refractivity contribution in [3.05, 3.63) is 31.8 Å². The number of ether oxygens (including phenoxy) is 1. The lowest BCUT2D eigenvalue weighted by atomic mass is 9.81. The zero-order valence-electron chi connectivity index (χ0n) is 26.3. The van der Waals surface area contributed by atoms with Crippen LogP contribution in [0.1, 0.15) is 146 Å². The fraction of sp³-hybridized carbons (Fsp3) is 0.875. The monoisotopic (exact) mass is 578 g/mol. The Morgan fingerprint density at radius 3 is 1.95 bits per heavy atom. The maximum absolute atomic E-state index is 13.2. The van der Waals surface area contributed by atoms with Gasteiger partial charge in [0.15, 0.2) is 0 Å². The van der Waals surface area contributed by atoms with E-state index in [2.05, 4.69) is 6.92 Å². The molecule has 41 heavy (non-hydrogen) atoms. The fourth-order valence-corrected chi connectivity index (χ4v) is 7.24. The van der Waals surface area contributed by atoms with Gasteiger partial charge in [0, 0.05) is 18.5 Å². The van der Waals surface area contributed by atoms with Crippen molar-refractivity contribution >= 4 is 5.91 Å². The number of likely N-dealkylation sites (N-methyl/N-ethyl adjacent to an activating group) is 1. The van der Waals surface area contributed by atoms with E-state index in [0.717, 1.165) is 24.1 Å². The molecule has 234 valence electrons. The van der Waals surface area contributed by atoms with E-state index in [0.29, 0.717) is 28.6 Å². The van der Waals surface area contributed by atoms with Gasteiger partial charge in [-0.15, -0.1) is 0 Å². The number of unbranched alkanes of at least 4 members (excludes halogenated alkanes) is 15. The van der Waals surface area contributed by atoms with Gasteiger partial charge in [0.25, 0.3) is 5.56 Å². The number of methoxy groups -OCH3 is 1. The van der Waals surface area contributed by atoms with Crippen molar-refractivity contribution < 1.29 is 23.5 Å². The van der Waals surface area contributed by atoms with Crippen LogP contribution in [-0.2, 0) is 16.1 Å². The molecule has 1 aromatic heterocycles. The number of aromatic nitrogens is 1. The molecule has 3 rings (SSSR count). The SMILES string of the molecule is CCCCCCCCCCCCCCCCCC[N+]1(C)C(=O)C12CCC(n1oc(C)c(COC)c1=O)C([N+](=O)[O-])C2. The minimum Gasteiger partial charge on any atom is -0.380 e. The molecule has 1 aromatic rings. The summed E-state index contributed by atoms with van der Waals surface area (Å²) in [5, 5.41) is 12.1. The number of amides is 1. The third-order valence-electron chi connectivity index (χ3n) is 10.0. The summed E-state index contributed by atoms with van der Waals surface area (Å²) in [6, 6.07) is -1.72. The molecule has 0 aromatic carbocycles. The molecule has 0 N–H and O–H groups in total. The second-order valence-electron chi connectivity index (χ2n) is 12.9. The number of hydrogen-bond donors (Lipinski definition) is 0. The summed E-state index contributed by atoms with van der Waals surface area (Å²) in [6.07, 6.45) is 22.0. The van der Waals surface area contributed by atoms with Crippen LogP contribution >= 0.6 is 0 Å². The van der Waals surface area contributed by atoms with Crippen molar-refractivity contribution in [1.29, 1.82) is 0 Å². The van der Waals surface area contributed by atoms with Crippen LogP contribution in [0.4, 0.5) is 0 Å². The Labute approximate surface area is 246 Å². The summed E-state index contributed by atoms with van der Waals surface area (Å²) in [7, 11) is 3.45. The maximum atomic E-state index is 13.2. The molecule has 1 amide bonds. The average molecular weight is 579 g/mol. The molecule has 4 unspecified atom stereocenters. The van der Waals surface area contributed by atoms with Crippen LogP contribution in [0.15, 0.2) is 9.32 Å². The molecule has 1 aliphatic carbocycles. The molecule has 2 aliphatic rings. The highest BCUT2D eigenvalue weighted by Gasteiger charge is 2.80. The van der Waals surface area contributed by atoms with Gasteiger partial charge in [-0.25, -0.2) is 9.28 Å². The highest BCUT2D eigenvalue weighted by molar-refractivity contribution is 5.92. The minimum absolute atomic E-state index is 0.105. The maximum Gasteiger partial charge on any atom is 0.376 e. The largest absolute Gasteiger partial charge is 0.380 e. The number of quaternary nitrogens is 1. The van der Waals surface area contributed by atoms with Gasteiger partial charge in [-0.3, -0.25) is 14.9 Å². The Balaban J connectivity index is 1.34. The third-order valence-corrected chi connectivity index (χ3v) is 10.0. The van der Waals surface area contributed by atoms with Crippen molar-refractivity contribution in [2.24, 2.45) is 0 Å². The first-order valence-electron chi connectivity index (χ1n) is 16.5. The van der Waals surface area contributed by atoms with Crippen molar-refractivity contribution in [1.82, 2.24) is 4.74 Å².